The van der Waals surface area contributed by atoms with E-state index < -0.39 is 0 Å². The van der Waals surface area contributed by atoms with Crippen LogP contribution in [0.4, 0.5) is 0 Å². The molecule has 9 aromatic rings. The van der Waals surface area contributed by atoms with E-state index >= 15 is 0 Å². The van der Waals surface area contributed by atoms with Gasteiger partial charge in [-0.3, -0.25) is 0 Å². The second-order valence-corrected chi connectivity index (χ2v) is 13.2. The number of benzene rings is 6. The maximum absolute atomic E-state index is 2.51. The molecule has 45 heavy (non-hydrogen) atoms. The van der Waals surface area contributed by atoms with Crippen LogP contribution in [0.5, 0.6) is 0 Å². The number of allylic oxidation sites excluding steroid dienone is 1. The Morgan fingerprint density at radius 3 is 1.71 bits per heavy atom. The Kier molecular flexibility index (Phi) is 5.31. The summed E-state index contributed by atoms with van der Waals surface area (Å²) in [6.45, 7) is 0. The lowest BCUT2D eigenvalue weighted by molar-refractivity contribution is 0.961. The SMILES string of the molecule is C1=C(n2c3ccccc3c3cc(-c4ccc5c(c4)c4ccccc4n5-c4ccccc4)ccc32)CCc2c1sc1ccccc21. The lowest BCUT2D eigenvalue weighted by atomic mass is 9.98. The van der Waals surface area contributed by atoms with Crippen LogP contribution in [0.2, 0.25) is 0 Å². The quantitative estimate of drug-likeness (QED) is 0.193. The van der Waals surface area contributed by atoms with Crippen molar-refractivity contribution in [3.63, 3.8) is 0 Å². The Hall–Kier alpha value is -5.38. The Balaban J connectivity index is 1.15. The lowest BCUT2D eigenvalue weighted by Gasteiger charge is -2.17. The number of nitrogens with zero attached hydrogens (tertiary/aromatic N) is 2. The molecule has 0 radical (unpaired) electrons. The van der Waals surface area contributed by atoms with Gasteiger partial charge in [0.05, 0.1) is 22.1 Å². The monoisotopic (exact) mass is 592 g/mol. The molecule has 0 saturated carbocycles. The molecule has 0 saturated heterocycles. The molecule has 0 fully saturated rings. The summed E-state index contributed by atoms with van der Waals surface area (Å²) in [7, 11) is 0. The first-order chi connectivity index (χ1) is 22.3. The highest BCUT2D eigenvalue weighted by Gasteiger charge is 2.21. The van der Waals surface area contributed by atoms with E-state index in [2.05, 4.69) is 155 Å². The van der Waals surface area contributed by atoms with Crippen molar-refractivity contribution >= 4 is 76.8 Å². The molecular formula is C42H28N2S. The summed E-state index contributed by atoms with van der Waals surface area (Å²) in [6.07, 6.45) is 4.55. The smallest absolute Gasteiger partial charge is 0.0541 e. The number of para-hydroxylation sites is 3. The minimum Gasteiger partial charge on any atom is -0.313 e. The van der Waals surface area contributed by atoms with Gasteiger partial charge in [-0.2, -0.15) is 0 Å². The first-order valence-electron chi connectivity index (χ1n) is 15.7. The van der Waals surface area contributed by atoms with E-state index in [0.717, 1.165) is 12.8 Å². The molecule has 0 aliphatic heterocycles. The molecule has 0 amide bonds. The number of hydrogen-bond donors (Lipinski definition) is 0. The van der Waals surface area contributed by atoms with E-state index in [-0.39, 0.29) is 0 Å². The Morgan fingerprint density at radius 2 is 1.00 bits per heavy atom. The van der Waals surface area contributed by atoms with Crippen LogP contribution in [0.1, 0.15) is 16.9 Å². The van der Waals surface area contributed by atoms with Gasteiger partial charge in [0.15, 0.2) is 0 Å². The van der Waals surface area contributed by atoms with Crippen molar-refractivity contribution in [2.45, 2.75) is 12.8 Å². The summed E-state index contributed by atoms with van der Waals surface area (Å²) in [6, 6.07) is 51.2. The van der Waals surface area contributed by atoms with Crippen LogP contribution >= 0.6 is 11.3 Å². The molecule has 1 aliphatic carbocycles. The molecule has 1 aliphatic rings. The van der Waals surface area contributed by atoms with E-state index in [9.17, 15) is 0 Å². The van der Waals surface area contributed by atoms with Gasteiger partial charge < -0.3 is 9.13 Å². The van der Waals surface area contributed by atoms with Gasteiger partial charge in [0.2, 0.25) is 0 Å². The summed E-state index contributed by atoms with van der Waals surface area (Å²) < 4.78 is 6.28. The van der Waals surface area contributed by atoms with E-state index in [4.69, 9.17) is 0 Å². The highest BCUT2D eigenvalue weighted by molar-refractivity contribution is 7.20. The average molecular weight is 593 g/mol. The summed E-state index contributed by atoms with van der Waals surface area (Å²) in [5.41, 5.74) is 11.6. The Bertz CT molecular complexity index is 2650. The highest BCUT2D eigenvalue weighted by Crippen LogP contribution is 2.42. The molecule has 3 heterocycles. The van der Waals surface area contributed by atoms with Gasteiger partial charge in [0.1, 0.15) is 0 Å². The van der Waals surface area contributed by atoms with Crippen LogP contribution in [-0.2, 0) is 6.42 Å². The summed E-state index contributed by atoms with van der Waals surface area (Å²) >= 11 is 1.92. The largest absolute Gasteiger partial charge is 0.313 e. The average Bonchev–Trinajstić information content (AvgIpc) is 3.75. The van der Waals surface area contributed by atoms with Crippen molar-refractivity contribution in [2.75, 3.05) is 0 Å². The molecular weight excluding hydrogens is 565 g/mol. The van der Waals surface area contributed by atoms with E-state index in [1.807, 2.05) is 11.3 Å². The van der Waals surface area contributed by atoms with Gasteiger partial charge in [0.25, 0.3) is 0 Å². The molecule has 3 aromatic heterocycles. The number of thiophene rings is 1. The molecule has 10 rings (SSSR count). The van der Waals surface area contributed by atoms with E-state index in [1.54, 1.807) is 0 Å². The topological polar surface area (TPSA) is 9.86 Å². The predicted molar refractivity (Wildman–Crippen MR) is 194 cm³/mol. The molecule has 0 N–H and O–H groups in total. The van der Waals surface area contributed by atoms with Crippen LogP contribution in [0.25, 0.3) is 82.3 Å². The fourth-order valence-corrected chi connectivity index (χ4v) is 8.83. The Morgan fingerprint density at radius 1 is 0.444 bits per heavy atom. The third-order valence-corrected chi connectivity index (χ3v) is 10.8. The zero-order valence-electron chi connectivity index (χ0n) is 24.6. The van der Waals surface area contributed by atoms with Crippen molar-refractivity contribution in [3.05, 3.63) is 150 Å². The zero-order chi connectivity index (χ0) is 29.5. The number of fused-ring (bicyclic) bond motifs is 9. The minimum absolute atomic E-state index is 1.03. The summed E-state index contributed by atoms with van der Waals surface area (Å²) in [4.78, 5) is 1.41. The highest BCUT2D eigenvalue weighted by atomic mass is 32.1. The van der Waals surface area contributed by atoms with Gasteiger partial charge in [-0.1, -0.05) is 84.9 Å². The minimum atomic E-state index is 1.03. The lowest BCUT2D eigenvalue weighted by Crippen LogP contribution is -2.03. The van der Waals surface area contributed by atoms with Crippen molar-refractivity contribution in [3.8, 4) is 16.8 Å². The number of hydrogen-bond acceptors (Lipinski definition) is 1. The standard InChI is InChI=1S/C42H28N2S/c1-2-10-29(11-3-1)43-37-15-7-4-12-31(37)35-24-27(18-22-39(35)43)28-19-23-40-36(25-28)32-13-5-8-16-38(32)44(40)30-20-21-34-33-14-6-9-17-41(33)45-42(34)26-30/h1-19,22-26H,20-21H2. The van der Waals surface area contributed by atoms with Gasteiger partial charge in [-0.15, -0.1) is 11.3 Å². The Labute approximate surface area is 264 Å². The zero-order valence-corrected chi connectivity index (χ0v) is 25.4. The van der Waals surface area contributed by atoms with Crippen LogP contribution in [0.3, 0.4) is 0 Å². The predicted octanol–water partition coefficient (Wildman–Crippen LogP) is 11.7. The summed E-state index contributed by atoms with van der Waals surface area (Å²) in [5.74, 6) is 0. The first-order valence-corrected chi connectivity index (χ1v) is 16.5. The second-order valence-electron chi connectivity index (χ2n) is 12.1. The molecule has 212 valence electrons. The van der Waals surface area contributed by atoms with Crippen molar-refractivity contribution < 1.29 is 0 Å². The number of rotatable bonds is 3. The maximum Gasteiger partial charge on any atom is 0.0541 e. The van der Waals surface area contributed by atoms with Crippen LogP contribution < -0.4 is 0 Å². The maximum atomic E-state index is 2.51. The first kappa shape index (κ1) is 25.0. The van der Waals surface area contributed by atoms with Crippen LogP contribution in [-0.4, -0.2) is 9.13 Å². The van der Waals surface area contributed by atoms with Crippen LogP contribution in [0.15, 0.2) is 140 Å². The number of aryl methyl sites for hydroxylation is 1. The molecule has 2 nitrogen and oxygen atoms in total. The van der Waals surface area contributed by atoms with Crippen LogP contribution in [0, 0.1) is 0 Å². The van der Waals surface area contributed by atoms with Crippen molar-refractivity contribution in [1.29, 1.82) is 0 Å². The molecule has 3 heteroatoms. The molecule has 0 spiro atoms. The van der Waals surface area contributed by atoms with Gasteiger partial charge in [-0.05, 0) is 95.6 Å². The number of aromatic nitrogens is 2. The fraction of sp³-hybridized carbons (Fsp3) is 0.0476. The molecule has 6 aromatic carbocycles. The molecule has 0 unspecified atom stereocenters. The second kappa shape index (κ2) is 9.56. The van der Waals surface area contributed by atoms with E-state index in [0.29, 0.717) is 0 Å². The summed E-state index contributed by atoms with van der Waals surface area (Å²) in [5, 5.41) is 6.59. The van der Waals surface area contributed by atoms with Gasteiger partial charge in [-0.25, -0.2) is 0 Å². The van der Waals surface area contributed by atoms with E-state index in [1.165, 1.54) is 86.6 Å². The third-order valence-electron chi connectivity index (χ3n) is 9.64. The molecule has 0 bridgehead atoms. The van der Waals surface area contributed by atoms with Gasteiger partial charge in [0, 0.05) is 42.5 Å². The fourth-order valence-electron chi connectivity index (χ4n) is 7.61. The van der Waals surface area contributed by atoms with Crippen molar-refractivity contribution in [1.82, 2.24) is 9.13 Å². The van der Waals surface area contributed by atoms with Gasteiger partial charge >= 0.3 is 0 Å². The normalized spacial score (nSPS) is 13.3. The third kappa shape index (κ3) is 3.68. The van der Waals surface area contributed by atoms with Crippen molar-refractivity contribution in [2.24, 2.45) is 0 Å². The molecule has 0 atom stereocenters.